The maximum atomic E-state index is 12.2. The molecule has 21 heavy (non-hydrogen) atoms. The van der Waals surface area contributed by atoms with Gasteiger partial charge in [-0.15, -0.1) is 0 Å². The molecule has 0 spiro atoms. The number of nitro benzene ring substituents is 1. The van der Waals surface area contributed by atoms with Crippen LogP contribution >= 0.6 is 0 Å². The van der Waals surface area contributed by atoms with Crippen LogP contribution in [0.3, 0.4) is 0 Å². The minimum Gasteiger partial charge on any atom is -0.380 e. The first kappa shape index (κ1) is 15.7. The topological polar surface area (TPSA) is 101 Å². The fourth-order valence-electron chi connectivity index (χ4n) is 1.92. The Hall–Kier alpha value is -1.67. The van der Waals surface area contributed by atoms with Gasteiger partial charge in [-0.25, -0.2) is 13.1 Å². The molecule has 0 bridgehead atoms. The Morgan fingerprint density at radius 3 is 2.57 bits per heavy atom. The number of benzene rings is 1. The van der Waals surface area contributed by atoms with E-state index in [-0.39, 0.29) is 21.7 Å². The summed E-state index contributed by atoms with van der Waals surface area (Å²) in [5.74, 6) is 0. The van der Waals surface area contributed by atoms with Crippen molar-refractivity contribution in [2.45, 2.75) is 31.6 Å². The van der Waals surface area contributed by atoms with Crippen molar-refractivity contribution in [2.24, 2.45) is 5.41 Å². The predicted molar refractivity (Wildman–Crippen MR) is 79.8 cm³/mol. The fraction of sp³-hybridized carbons (Fsp3) is 0.538. The lowest BCUT2D eigenvalue weighted by atomic mass is 10.2. The van der Waals surface area contributed by atoms with Crippen molar-refractivity contribution in [3.8, 4) is 0 Å². The van der Waals surface area contributed by atoms with E-state index in [1.807, 2.05) is 6.92 Å². The molecule has 1 aliphatic carbocycles. The molecular formula is C13H19N3O4S. The summed E-state index contributed by atoms with van der Waals surface area (Å²) in [7, 11) is -3.65. The van der Waals surface area contributed by atoms with Crippen molar-refractivity contribution < 1.29 is 13.3 Å². The van der Waals surface area contributed by atoms with Gasteiger partial charge in [0.05, 0.1) is 9.82 Å². The molecule has 116 valence electrons. The van der Waals surface area contributed by atoms with Crippen LogP contribution in [0.2, 0.25) is 0 Å². The van der Waals surface area contributed by atoms with E-state index >= 15 is 0 Å². The summed E-state index contributed by atoms with van der Waals surface area (Å²) < 4.78 is 27.0. The molecular weight excluding hydrogens is 294 g/mol. The number of nitro groups is 1. The van der Waals surface area contributed by atoms with Gasteiger partial charge in [0.25, 0.3) is 5.69 Å². The first-order valence-electron chi connectivity index (χ1n) is 6.79. The Balaban J connectivity index is 2.25. The van der Waals surface area contributed by atoms with Crippen molar-refractivity contribution >= 4 is 21.4 Å². The van der Waals surface area contributed by atoms with Gasteiger partial charge >= 0.3 is 0 Å². The van der Waals surface area contributed by atoms with E-state index in [0.29, 0.717) is 13.1 Å². The Bertz CT molecular complexity index is 653. The second-order valence-electron chi connectivity index (χ2n) is 5.60. The number of hydrogen-bond donors (Lipinski definition) is 2. The molecule has 2 rings (SSSR count). The van der Waals surface area contributed by atoms with Crippen molar-refractivity contribution in [2.75, 3.05) is 18.4 Å². The molecule has 1 aromatic rings. The summed E-state index contributed by atoms with van der Waals surface area (Å²) in [6, 6.07) is 3.78. The number of sulfonamides is 1. The first-order chi connectivity index (χ1) is 9.77. The SMILES string of the molecule is CCNc1cc(S(=O)(=O)NCC2(C)CC2)ccc1[N+](=O)[O-]. The number of anilines is 1. The predicted octanol–water partition coefficient (Wildman–Crippen LogP) is 2.10. The molecule has 1 fully saturated rings. The maximum Gasteiger partial charge on any atom is 0.292 e. The molecule has 0 aliphatic heterocycles. The van der Waals surface area contributed by atoms with Crippen LogP contribution in [0, 0.1) is 15.5 Å². The minimum absolute atomic E-state index is 0.0355. The average Bonchev–Trinajstić information content (AvgIpc) is 3.15. The lowest BCUT2D eigenvalue weighted by molar-refractivity contribution is -0.384. The van der Waals surface area contributed by atoms with Crippen LogP contribution in [0.4, 0.5) is 11.4 Å². The molecule has 8 heteroatoms. The highest BCUT2D eigenvalue weighted by molar-refractivity contribution is 7.89. The minimum atomic E-state index is -3.65. The van der Waals surface area contributed by atoms with Gasteiger partial charge in [-0.05, 0) is 37.3 Å². The molecule has 0 amide bonds. The van der Waals surface area contributed by atoms with E-state index in [4.69, 9.17) is 0 Å². The van der Waals surface area contributed by atoms with Crippen LogP contribution in [-0.4, -0.2) is 26.4 Å². The van der Waals surface area contributed by atoms with Crippen LogP contribution in [0.15, 0.2) is 23.1 Å². The molecule has 0 unspecified atom stereocenters. The van der Waals surface area contributed by atoms with Crippen molar-refractivity contribution in [1.29, 1.82) is 0 Å². The second-order valence-corrected chi connectivity index (χ2v) is 7.37. The van der Waals surface area contributed by atoms with Crippen LogP contribution in [0.5, 0.6) is 0 Å². The van der Waals surface area contributed by atoms with E-state index in [0.717, 1.165) is 12.8 Å². The molecule has 0 heterocycles. The van der Waals surface area contributed by atoms with E-state index in [1.54, 1.807) is 6.92 Å². The Morgan fingerprint density at radius 1 is 1.38 bits per heavy atom. The van der Waals surface area contributed by atoms with E-state index in [1.165, 1.54) is 18.2 Å². The molecule has 0 radical (unpaired) electrons. The molecule has 2 N–H and O–H groups in total. The van der Waals surface area contributed by atoms with E-state index in [9.17, 15) is 18.5 Å². The molecule has 1 aromatic carbocycles. The summed E-state index contributed by atoms with van der Waals surface area (Å²) in [4.78, 5) is 10.4. The van der Waals surface area contributed by atoms with E-state index < -0.39 is 14.9 Å². The van der Waals surface area contributed by atoms with Gasteiger partial charge < -0.3 is 5.32 Å². The van der Waals surface area contributed by atoms with Crippen molar-refractivity contribution in [1.82, 2.24) is 4.72 Å². The molecule has 1 aliphatic rings. The number of nitrogens with zero attached hydrogens (tertiary/aromatic N) is 1. The monoisotopic (exact) mass is 313 g/mol. The highest BCUT2D eigenvalue weighted by atomic mass is 32.2. The highest BCUT2D eigenvalue weighted by Crippen LogP contribution is 2.44. The largest absolute Gasteiger partial charge is 0.380 e. The Morgan fingerprint density at radius 2 is 2.05 bits per heavy atom. The van der Waals surface area contributed by atoms with Crippen LogP contribution in [0.25, 0.3) is 0 Å². The fourth-order valence-corrected chi connectivity index (χ4v) is 3.14. The lowest BCUT2D eigenvalue weighted by Crippen LogP contribution is -2.29. The summed E-state index contributed by atoms with van der Waals surface area (Å²) in [6.07, 6.45) is 2.02. The van der Waals surface area contributed by atoms with Gasteiger partial charge in [-0.2, -0.15) is 0 Å². The average molecular weight is 313 g/mol. The van der Waals surface area contributed by atoms with Crippen LogP contribution in [-0.2, 0) is 10.0 Å². The number of nitrogens with one attached hydrogen (secondary N) is 2. The van der Waals surface area contributed by atoms with Gasteiger partial charge in [-0.1, -0.05) is 6.92 Å². The quantitative estimate of drug-likeness (QED) is 0.593. The molecule has 1 saturated carbocycles. The van der Waals surface area contributed by atoms with Crippen molar-refractivity contribution in [3.63, 3.8) is 0 Å². The van der Waals surface area contributed by atoms with Crippen molar-refractivity contribution in [3.05, 3.63) is 28.3 Å². The first-order valence-corrected chi connectivity index (χ1v) is 8.28. The van der Waals surface area contributed by atoms with Crippen LogP contribution in [0.1, 0.15) is 26.7 Å². The summed E-state index contributed by atoms with van der Waals surface area (Å²) in [6.45, 7) is 4.67. The smallest absolute Gasteiger partial charge is 0.292 e. The lowest BCUT2D eigenvalue weighted by Gasteiger charge is -2.12. The molecule has 7 nitrogen and oxygen atoms in total. The molecule has 0 atom stereocenters. The zero-order valence-electron chi connectivity index (χ0n) is 12.0. The number of hydrogen-bond acceptors (Lipinski definition) is 5. The third-order valence-corrected chi connectivity index (χ3v) is 5.03. The van der Waals surface area contributed by atoms with Gasteiger partial charge in [0, 0.05) is 19.2 Å². The highest BCUT2D eigenvalue weighted by Gasteiger charge is 2.38. The zero-order chi connectivity index (χ0) is 15.7. The second kappa shape index (κ2) is 5.61. The summed E-state index contributed by atoms with van der Waals surface area (Å²) in [5, 5.41) is 13.7. The molecule has 0 saturated heterocycles. The van der Waals surface area contributed by atoms with Gasteiger partial charge in [0.2, 0.25) is 10.0 Å². The standard InChI is InChI=1S/C13H19N3O4S/c1-3-14-11-8-10(4-5-12(11)16(17)18)21(19,20)15-9-13(2)6-7-13/h4-5,8,14-15H,3,6-7,9H2,1-2H3. The molecule has 0 aromatic heterocycles. The third kappa shape index (κ3) is 3.70. The Labute approximate surface area is 123 Å². The normalized spacial score (nSPS) is 16.5. The van der Waals surface area contributed by atoms with Gasteiger partial charge in [-0.3, -0.25) is 10.1 Å². The maximum absolute atomic E-state index is 12.2. The van der Waals surface area contributed by atoms with Gasteiger partial charge in [0.15, 0.2) is 0 Å². The Kier molecular flexibility index (Phi) is 4.20. The van der Waals surface area contributed by atoms with Gasteiger partial charge in [0.1, 0.15) is 5.69 Å². The number of rotatable bonds is 7. The third-order valence-electron chi connectivity index (χ3n) is 3.63. The van der Waals surface area contributed by atoms with Crippen LogP contribution < -0.4 is 10.0 Å². The summed E-state index contributed by atoms with van der Waals surface area (Å²) in [5.41, 5.74) is 0.131. The summed E-state index contributed by atoms with van der Waals surface area (Å²) >= 11 is 0. The van der Waals surface area contributed by atoms with E-state index in [2.05, 4.69) is 10.0 Å². The zero-order valence-corrected chi connectivity index (χ0v) is 12.9.